The maximum atomic E-state index is 12.9. The first kappa shape index (κ1) is 12.0. The van der Waals surface area contributed by atoms with Gasteiger partial charge in [0.25, 0.3) is 0 Å². The van der Waals surface area contributed by atoms with Crippen LogP contribution in [0, 0.1) is 5.82 Å². The van der Waals surface area contributed by atoms with Crippen LogP contribution >= 0.6 is 0 Å². The van der Waals surface area contributed by atoms with Crippen LogP contribution in [0.1, 0.15) is 15.9 Å². The number of benzene rings is 1. The fourth-order valence-electron chi connectivity index (χ4n) is 1.38. The van der Waals surface area contributed by atoms with Crippen LogP contribution in [0.25, 0.3) is 0 Å². The Bertz CT molecular complexity index is 558. The zero-order chi connectivity index (χ0) is 13.0. The molecule has 0 saturated carbocycles. The lowest BCUT2D eigenvalue weighted by Crippen LogP contribution is -2.06. The second-order valence-electron chi connectivity index (χ2n) is 3.67. The Morgan fingerprint density at radius 2 is 2.00 bits per heavy atom. The fraction of sp³-hybridized carbons (Fsp3) is 0.0769. The molecule has 2 aromatic rings. The monoisotopic (exact) mass is 246 g/mol. The molecular formula is C13H11FN2O2. The molecule has 1 aromatic heterocycles. The predicted octanol–water partition coefficient (Wildman–Crippen LogP) is 2.16. The first-order valence-corrected chi connectivity index (χ1v) is 5.28. The Hall–Kier alpha value is -2.43. The maximum Gasteiger partial charge on any atom is 0.338 e. The van der Waals surface area contributed by atoms with E-state index in [0.29, 0.717) is 0 Å². The van der Waals surface area contributed by atoms with Gasteiger partial charge in [-0.25, -0.2) is 9.18 Å². The number of halogens is 1. The van der Waals surface area contributed by atoms with Crippen molar-refractivity contribution in [2.75, 3.05) is 5.73 Å². The molecule has 0 fully saturated rings. The molecule has 0 aliphatic heterocycles. The first-order valence-electron chi connectivity index (χ1n) is 5.28. The molecule has 0 aliphatic rings. The number of hydrogen-bond donors (Lipinski definition) is 1. The normalized spacial score (nSPS) is 10.1. The number of nitrogen functional groups attached to an aromatic ring is 1. The number of esters is 1. The van der Waals surface area contributed by atoms with Gasteiger partial charge in [-0.2, -0.15) is 0 Å². The lowest BCUT2D eigenvalue weighted by Gasteiger charge is -2.05. The van der Waals surface area contributed by atoms with Gasteiger partial charge in [0, 0.05) is 12.4 Å². The van der Waals surface area contributed by atoms with E-state index in [2.05, 4.69) is 4.98 Å². The summed E-state index contributed by atoms with van der Waals surface area (Å²) in [7, 11) is 0. The second-order valence-corrected chi connectivity index (χ2v) is 3.67. The number of aromatic nitrogens is 1. The number of nitrogens with zero attached hydrogens (tertiary/aromatic N) is 1. The molecule has 4 nitrogen and oxygen atoms in total. The Morgan fingerprint density at radius 1 is 1.28 bits per heavy atom. The van der Waals surface area contributed by atoms with Crippen LogP contribution < -0.4 is 5.73 Å². The van der Waals surface area contributed by atoms with Crippen molar-refractivity contribution >= 4 is 11.7 Å². The Balaban J connectivity index is 2.02. The highest BCUT2D eigenvalue weighted by Crippen LogP contribution is 2.13. The van der Waals surface area contributed by atoms with Crippen molar-refractivity contribution in [3.8, 4) is 0 Å². The molecule has 0 radical (unpaired) electrons. The third-order valence-electron chi connectivity index (χ3n) is 2.35. The molecule has 1 heterocycles. The SMILES string of the molecule is Nc1cc(C(=O)OCc2ccncc2)ccc1F. The number of anilines is 1. The van der Waals surface area contributed by atoms with Crippen LogP contribution in [0.4, 0.5) is 10.1 Å². The van der Waals surface area contributed by atoms with Gasteiger partial charge in [-0.1, -0.05) is 0 Å². The molecule has 1 aromatic carbocycles. The minimum absolute atomic E-state index is 0.0756. The topological polar surface area (TPSA) is 65.2 Å². The van der Waals surface area contributed by atoms with Crippen LogP contribution in [-0.2, 0) is 11.3 Å². The van der Waals surface area contributed by atoms with E-state index in [1.807, 2.05) is 0 Å². The average molecular weight is 246 g/mol. The maximum absolute atomic E-state index is 12.9. The van der Waals surface area contributed by atoms with Crippen LogP contribution in [0.2, 0.25) is 0 Å². The van der Waals surface area contributed by atoms with Crippen LogP contribution in [0.5, 0.6) is 0 Å². The van der Waals surface area contributed by atoms with E-state index < -0.39 is 11.8 Å². The van der Waals surface area contributed by atoms with Gasteiger partial charge in [0.2, 0.25) is 0 Å². The summed E-state index contributed by atoms with van der Waals surface area (Å²) in [6.07, 6.45) is 3.22. The van der Waals surface area contributed by atoms with Crippen molar-refractivity contribution in [1.29, 1.82) is 0 Å². The summed E-state index contributed by atoms with van der Waals surface area (Å²) in [4.78, 5) is 15.5. The first-order chi connectivity index (χ1) is 8.66. The zero-order valence-corrected chi connectivity index (χ0v) is 9.47. The molecule has 2 rings (SSSR count). The summed E-state index contributed by atoms with van der Waals surface area (Å²) >= 11 is 0. The predicted molar refractivity (Wildman–Crippen MR) is 64.2 cm³/mol. The standard InChI is InChI=1S/C13H11FN2O2/c14-11-2-1-10(7-12(11)15)13(17)18-8-9-3-5-16-6-4-9/h1-7H,8,15H2. The zero-order valence-electron chi connectivity index (χ0n) is 9.47. The molecule has 2 N–H and O–H groups in total. The van der Waals surface area contributed by atoms with E-state index in [4.69, 9.17) is 10.5 Å². The largest absolute Gasteiger partial charge is 0.457 e. The highest BCUT2D eigenvalue weighted by atomic mass is 19.1. The van der Waals surface area contributed by atoms with E-state index >= 15 is 0 Å². The van der Waals surface area contributed by atoms with Crippen molar-refractivity contribution in [1.82, 2.24) is 4.98 Å². The van der Waals surface area contributed by atoms with E-state index in [1.54, 1.807) is 24.5 Å². The quantitative estimate of drug-likeness (QED) is 0.665. The minimum Gasteiger partial charge on any atom is -0.457 e. The highest BCUT2D eigenvalue weighted by Gasteiger charge is 2.09. The molecule has 0 amide bonds. The summed E-state index contributed by atoms with van der Waals surface area (Å²) in [5, 5.41) is 0. The molecule has 0 bridgehead atoms. The van der Waals surface area contributed by atoms with Crippen LogP contribution in [-0.4, -0.2) is 11.0 Å². The van der Waals surface area contributed by atoms with Gasteiger partial charge in [-0.15, -0.1) is 0 Å². The Kier molecular flexibility index (Phi) is 3.52. The van der Waals surface area contributed by atoms with Crippen molar-refractivity contribution in [2.45, 2.75) is 6.61 Å². The molecule has 0 atom stereocenters. The number of hydrogen-bond acceptors (Lipinski definition) is 4. The summed E-state index contributed by atoms with van der Waals surface area (Å²) in [6, 6.07) is 7.21. The molecule has 0 unspecified atom stereocenters. The minimum atomic E-state index is -0.555. The Morgan fingerprint density at radius 3 is 2.67 bits per heavy atom. The number of ether oxygens (including phenoxy) is 1. The number of pyridine rings is 1. The molecule has 18 heavy (non-hydrogen) atoms. The van der Waals surface area contributed by atoms with Gasteiger partial charge >= 0.3 is 5.97 Å². The van der Waals surface area contributed by atoms with Crippen molar-refractivity contribution in [2.24, 2.45) is 0 Å². The lowest BCUT2D eigenvalue weighted by molar-refractivity contribution is 0.0472. The fourth-order valence-corrected chi connectivity index (χ4v) is 1.38. The van der Waals surface area contributed by atoms with E-state index in [0.717, 1.165) is 11.6 Å². The van der Waals surface area contributed by atoms with Crippen molar-refractivity contribution < 1.29 is 13.9 Å². The molecule has 92 valence electrons. The smallest absolute Gasteiger partial charge is 0.338 e. The van der Waals surface area contributed by atoms with E-state index in [9.17, 15) is 9.18 Å². The molecule has 0 spiro atoms. The van der Waals surface area contributed by atoms with Gasteiger partial charge in [0.05, 0.1) is 11.3 Å². The van der Waals surface area contributed by atoms with Gasteiger partial charge in [-0.3, -0.25) is 4.98 Å². The summed E-state index contributed by atoms with van der Waals surface area (Å²) < 4.78 is 18.0. The average Bonchev–Trinajstić information content (AvgIpc) is 2.40. The van der Waals surface area contributed by atoms with Gasteiger partial charge in [0.1, 0.15) is 12.4 Å². The third-order valence-corrected chi connectivity index (χ3v) is 2.35. The number of carbonyl (C=O) groups is 1. The van der Waals surface area contributed by atoms with Crippen molar-refractivity contribution in [3.05, 3.63) is 59.7 Å². The molecular weight excluding hydrogens is 235 g/mol. The number of nitrogens with two attached hydrogens (primary N) is 1. The molecule has 5 heteroatoms. The molecule has 0 aliphatic carbocycles. The number of carbonyl (C=O) groups excluding carboxylic acids is 1. The van der Waals surface area contributed by atoms with E-state index in [-0.39, 0.29) is 17.9 Å². The number of rotatable bonds is 3. The lowest BCUT2D eigenvalue weighted by atomic mass is 10.2. The summed E-state index contributed by atoms with van der Waals surface area (Å²) in [5.41, 5.74) is 6.35. The van der Waals surface area contributed by atoms with E-state index in [1.165, 1.54) is 12.1 Å². The van der Waals surface area contributed by atoms with Gasteiger partial charge in [0.15, 0.2) is 0 Å². The third kappa shape index (κ3) is 2.82. The van der Waals surface area contributed by atoms with Crippen LogP contribution in [0.3, 0.4) is 0 Å². The van der Waals surface area contributed by atoms with Gasteiger partial charge in [-0.05, 0) is 35.9 Å². The van der Waals surface area contributed by atoms with Crippen molar-refractivity contribution in [3.63, 3.8) is 0 Å². The highest BCUT2D eigenvalue weighted by molar-refractivity contribution is 5.90. The van der Waals surface area contributed by atoms with Gasteiger partial charge < -0.3 is 10.5 Å². The van der Waals surface area contributed by atoms with Crippen LogP contribution in [0.15, 0.2) is 42.7 Å². The second kappa shape index (κ2) is 5.27. The summed E-state index contributed by atoms with van der Waals surface area (Å²) in [5.74, 6) is -1.10. The Labute approximate surface area is 103 Å². The molecule has 0 saturated heterocycles. The summed E-state index contributed by atoms with van der Waals surface area (Å²) in [6.45, 7) is 0.138.